The Kier molecular flexibility index (Phi) is 2.13. The molecule has 66 valence electrons. The first-order chi connectivity index (χ1) is 6.34. The summed E-state index contributed by atoms with van der Waals surface area (Å²) in [6.07, 6.45) is 2.52. The average molecular weight is 173 g/mol. The zero-order chi connectivity index (χ0) is 9.10. The molecule has 0 saturated carbocycles. The third-order valence-corrected chi connectivity index (χ3v) is 1.87. The molecule has 0 amide bonds. The maximum atomic E-state index is 5.38. The smallest absolute Gasteiger partial charge is 0.198 e. The SMILES string of the molecule is Cc1cnc(Cc2ccccc2)o1. The van der Waals surface area contributed by atoms with Crippen LogP contribution in [-0.2, 0) is 6.42 Å². The van der Waals surface area contributed by atoms with Gasteiger partial charge in [0.2, 0.25) is 0 Å². The minimum Gasteiger partial charge on any atom is -0.446 e. The van der Waals surface area contributed by atoms with Gasteiger partial charge < -0.3 is 4.42 Å². The van der Waals surface area contributed by atoms with Crippen LogP contribution in [0.2, 0.25) is 0 Å². The van der Waals surface area contributed by atoms with E-state index in [2.05, 4.69) is 17.1 Å². The standard InChI is InChI=1S/C11H11NO/c1-9-8-12-11(13-9)7-10-5-3-2-4-6-10/h2-6,8H,7H2,1H3. The number of nitrogens with zero attached hydrogens (tertiary/aromatic N) is 1. The molecule has 0 spiro atoms. The number of hydrogen-bond donors (Lipinski definition) is 0. The summed E-state index contributed by atoms with van der Waals surface area (Å²) in [5, 5.41) is 0. The van der Waals surface area contributed by atoms with Crippen molar-refractivity contribution in [3.8, 4) is 0 Å². The molecule has 0 unspecified atom stereocenters. The first kappa shape index (κ1) is 8.05. The van der Waals surface area contributed by atoms with Gasteiger partial charge in [0.25, 0.3) is 0 Å². The quantitative estimate of drug-likeness (QED) is 0.697. The van der Waals surface area contributed by atoms with E-state index in [1.165, 1.54) is 5.56 Å². The minimum atomic E-state index is 0.772. The second kappa shape index (κ2) is 3.44. The summed E-state index contributed by atoms with van der Waals surface area (Å²) >= 11 is 0. The molecule has 13 heavy (non-hydrogen) atoms. The second-order valence-electron chi connectivity index (χ2n) is 3.03. The van der Waals surface area contributed by atoms with E-state index in [1.807, 2.05) is 25.1 Å². The monoisotopic (exact) mass is 173 g/mol. The Morgan fingerprint density at radius 1 is 1.23 bits per heavy atom. The van der Waals surface area contributed by atoms with Gasteiger partial charge in [-0.05, 0) is 12.5 Å². The van der Waals surface area contributed by atoms with Gasteiger partial charge in [0, 0.05) is 6.42 Å². The number of aryl methyl sites for hydroxylation is 1. The number of benzene rings is 1. The predicted molar refractivity (Wildman–Crippen MR) is 50.5 cm³/mol. The second-order valence-corrected chi connectivity index (χ2v) is 3.03. The molecule has 0 aliphatic carbocycles. The first-order valence-electron chi connectivity index (χ1n) is 4.30. The molecule has 0 fully saturated rings. The Bertz CT molecular complexity index is 378. The highest BCUT2D eigenvalue weighted by Crippen LogP contribution is 2.08. The summed E-state index contributed by atoms with van der Waals surface area (Å²) in [5.74, 6) is 1.65. The molecule has 1 heterocycles. The third kappa shape index (κ3) is 1.96. The molecule has 2 rings (SSSR count). The average Bonchev–Trinajstić information content (AvgIpc) is 2.53. The first-order valence-corrected chi connectivity index (χ1v) is 4.30. The van der Waals surface area contributed by atoms with Crippen LogP contribution in [0.25, 0.3) is 0 Å². The van der Waals surface area contributed by atoms with Crippen LogP contribution >= 0.6 is 0 Å². The summed E-state index contributed by atoms with van der Waals surface area (Å²) in [7, 11) is 0. The summed E-state index contributed by atoms with van der Waals surface area (Å²) in [6.45, 7) is 1.90. The van der Waals surface area contributed by atoms with Crippen molar-refractivity contribution in [2.45, 2.75) is 13.3 Å². The maximum absolute atomic E-state index is 5.38. The van der Waals surface area contributed by atoms with Gasteiger partial charge in [-0.25, -0.2) is 4.98 Å². The lowest BCUT2D eigenvalue weighted by Crippen LogP contribution is -1.86. The van der Waals surface area contributed by atoms with Crippen molar-refractivity contribution in [3.63, 3.8) is 0 Å². The van der Waals surface area contributed by atoms with Crippen molar-refractivity contribution in [1.29, 1.82) is 0 Å². The van der Waals surface area contributed by atoms with Crippen LogP contribution in [0.15, 0.2) is 40.9 Å². The van der Waals surface area contributed by atoms with E-state index >= 15 is 0 Å². The van der Waals surface area contributed by atoms with E-state index in [0.717, 1.165) is 18.1 Å². The van der Waals surface area contributed by atoms with Crippen LogP contribution in [0.4, 0.5) is 0 Å². The molecule has 0 aliphatic heterocycles. The fraction of sp³-hybridized carbons (Fsp3) is 0.182. The zero-order valence-corrected chi connectivity index (χ0v) is 7.53. The molecule has 0 radical (unpaired) electrons. The minimum absolute atomic E-state index is 0.772. The number of hydrogen-bond acceptors (Lipinski definition) is 2. The van der Waals surface area contributed by atoms with E-state index in [4.69, 9.17) is 4.42 Å². The van der Waals surface area contributed by atoms with E-state index in [0.29, 0.717) is 0 Å². The molecule has 0 atom stereocenters. The lowest BCUT2D eigenvalue weighted by Gasteiger charge is -1.95. The Hall–Kier alpha value is -1.57. The van der Waals surface area contributed by atoms with E-state index in [1.54, 1.807) is 6.20 Å². The van der Waals surface area contributed by atoms with Crippen LogP contribution in [0.3, 0.4) is 0 Å². The molecule has 1 aromatic heterocycles. The molecule has 0 saturated heterocycles. The van der Waals surface area contributed by atoms with Crippen LogP contribution in [0.1, 0.15) is 17.2 Å². The van der Waals surface area contributed by atoms with Gasteiger partial charge in [-0.2, -0.15) is 0 Å². The molecule has 0 bridgehead atoms. The van der Waals surface area contributed by atoms with Gasteiger partial charge in [-0.1, -0.05) is 30.3 Å². The van der Waals surface area contributed by atoms with Crippen molar-refractivity contribution >= 4 is 0 Å². The van der Waals surface area contributed by atoms with Crippen LogP contribution in [0.5, 0.6) is 0 Å². The highest BCUT2D eigenvalue weighted by atomic mass is 16.3. The maximum Gasteiger partial charge on any atom is 0.198 e. The summed E-state index contributed by atoms with van der Waals surface area (Å²) in [5.41, 5.74) is 1.23. The Labute approximate surface area is 77.2 Å². The fourth-order valence-corrected chi connectivity index (χ4v) is 1.25. The van der Waals surface area contributed by atoms with Crippen molar-refractivity contribution in [2.24, 2.45) is 0 Å². The van der Waals surface area contributed by atoms with Gasteiger partial charge >= 0.3 is 0 Å². The number of aromatic nitrogens is 1. The van der Waals surface area contributed by atoms with Crippen LogP contribution in [0, 0.1) is 6.92 Å². The van der Waals surface area contributed by atoms with Gasteiger partial charge in [0.1, 0.15) is 5.76 Å². The molecule has 2 aromatic rings. The molecular weight excluding hydrogens is 162 g/mol. The van der Waals surface area contributed by atoms with Gasteiger partial charge in [0.05, 0.1) is 6.20 Å². The Balaban J connectivity index is 2.15. The lowest BCUT2D eigenvalue weighted by molar-refractivity contribution is 0.481. The Morgan fingerprint density at radius 2 is 2.00 bits per heavy atom. The fourth-order valence-electron chi connectivity index (χ4n) is 1.25. The van der Waals surface area contributed by atoms with Crippen molar-refractivity contribution in [3.05, 3.63) is 53.7 Å². The summed E-state index contributed by atoms with van der Waals surface area (Å²) in [6, 6.07) is 10.2. The molecule has 0 N–H and O–H groups in total. The summed E-state index contributed by atoms with van der Waals surface area (Å²) < 4.78 is 5.38. The number of rotatable bonds is 2. The third-order valence-electron chi connectivity index (χ3n) is 1.87. The highest BCUT2D eigenvalue weighted by Gasteiger charge is 2.00. The number of oxazole rings is 1. The highest BCUT2D eigenvalue weighted by molar-refractivity contribution is 5.18. The molecule has 1 aromatic carbocycles. The lowest BCUT2D eigenvalue weighted by atomic mass is 10.2. The van der Waals surface area contributed by atoms with Gasteiger partial charge in [-0.15, -0.1) is 0 Å². The summed E-state index contributed by atoms with van der Waals surface area (Å²) in [4.78, 5) is 4.14. The molecule has 2 nitrogen and oxygen atoms in total. The Morgan fingerprint density at radius 3 is 2.62 bits per heavy atom. The molecule has 0 aliphatic rings. The predicted octanol–water partition coefficient (Wildman–Crippen LogP) is 2.57. The van der Waals surface area contributed by atoms with Crippen molar-refractivity contribution < 1.29 is 4.42 Å². The normalized spacial score (nSPS) is 10.2. The van der Waals surface area contributed by atoms with Gasteiger partial charge in [-0.3, -0.25) is 0 Å². The zero-order valence-electron chi connectivity index (χ0n) is 7.53. The van der Waals surface area contributed by atoms with E-state index < -0.39 is 0 Å². The van der Waals surface area contributed by atoms with Gasteiger partial charge in [0.15, 0.2) is 5.89 Å². The largest absolute Gasteiger partial charge is 0.446 e. The van der Waals surface area contributed by atoms with Crippen LogP contribution in [-0.4, -0.2) is 4.98 Å². The molecule has 2 heteroatoms. The topological polar surface area (TPSA) is 26.0 Å². The van der Waals surface area contributed by atoms with Crippen molar-refractivity contribution in [1.82, 2.24) is 4.98 Å². The molecular formula is C11H11NO. The van der Waals surface area contributed by atoms with E-state index in [-0.39, 0.29) is 0 Å². The van der Waals surface area contributed by atoms with Crippen LogP contribution < -0.4 is 0 Å². The van der Waals surface area contributed by atoms with E-state index in [9.17, 15) is 0 Å². The van der Waals surface area contributed by atoms with Crippen molar-refractivity contribution in [2.75, 3.05) is 0 Å².